The minimum Gasteiger partial charge on any atom is -0.478 e. The van der Waals surface area contributed by atoms with E-state index in [0.29, 0.717) is 11.4 Å². The number of carboxylic acids is 1. The average Bonchev–Trinajstić information content (AvgIpc) is 3.04. The first kappa shape index (κ1) is 17.6. The number of anilines is 1. The van der Waals surface area contributed by atoms with E-state index in [-0.39, 0.29) is 21.9 Å². The Kier molecular flexibility index (Phi) is 4.99. The van der Waals surface area contributed by atoms with Crippen LogP contribution in [0.3, 0.4) is 0 Å². The van der Waals surface area contributed by atoms with Crippen molar-refractivity contribution in [1.82, 2.24) is 0 Å². The Hall–Kier alpha value is -3.19. The summed E-state index contributed by atoms with van der Waals surface area (Å²) in [6.07, 6.45) is 1.33. The number of hydrazone groups is 1. The molecule has 0 aliphatic carbocycles. The number of benzene rings is 2. The van der Waals surface area contributed by atoms with E-state index in [1.807, 2.05) is 0 Å². The van der Waals surface area contributed by atoms with Crippen molar-refractivity contribution in [2.45, 2.75) is 0 Å². The summed E-state index contributed by atoms with van der Waals surface area (Å²) in [5.41, 5.74) is 3.13. The molecular weight excluding hydrogens is 366 g/mol. The van der Waals surface area contributed by atoms with E-state index in [2.05, 4.69) is 10.5 Å². The third kappa shape index (κ3) is 3.89. The van der Waals surface area contributed by atoms with Crippen LogP contribution < -0.4 is 5.43 Å². The van der Waals surface area contributed by atoms with Gasteiger partial charge in [-0.3, -0.25) is 5.43 Å². The largest absolute Gasteiger partial charge is 0.478 e. The van der Waals surface area contributed by atoms with Crippen molar-refractivity contribution in [1.29, 1.82) is 0 Å². The zero-order valence-electron chi connectivity index (χ0n) is 13.0. The van der Waals surface area contributed by atoms with E-state index < -0.39 is 17.6 Å². The summed E-state index contributed by atoms with van der Waals surface area (Å²) in [7, 11) is 0. The van der Waals surface area contributed by atoms with Crippen LogP contribution in [0.4, 0.5) is 14.5 Å². The van der Waals surface area contributed by atoms with Gasteiger partial charge in [0.15, 0.2) is 0 Å². The van der Waals surface area contributed by atoms with Crippen LogP contribution in [0.2, 0.25) is 5.02 Å². The minimum atomic E-state index is -1.15. The van der Waals surface area contributed by atoms with Crippen LogP contribution in [0.5, 0.6) is 0 Å². The maximum atomic E-state index is 13.7. The van der Waals surface area contributed by atoms with Crippen molar-refractivity contribution in [2.24, 2.45) is 5.10 Å². The van der Waals surface area contributed by atoms with Gasteiger partial charge in [-0.1, -0.05) is 11.6 Å². The molecule has 132 valence electrons. The quantitative estimate of drug-likeness (QED) is 0.484. The van der Waals surface area contributed by atoms with Gasteiger partial charge in [-0.05, 0) is 42.5 Å². The maximum absolute atomic E-state index is 13.7. The molecular formula is C18H11ClF2N2O3. The molecule has 0 fully saturated rings. The molecule has 5 nitrogen and oxygen atoms in total. The Morgan fingerprint density at radius 2 is 1.96 bits per heavy atom. The monoisotopic (exact) mass is 376 g/mol. The smallest absolute Gasteiger partial charge is 0.337 e. The first-order valence-corrected chi connectivity index (χ1v) is 7.69. The summed E-state index contributed by atoms with van der Waals surface area (Å²) in [4.78, 5) is 11.0. The summed E-state index contributed by atoms with van der Waals surface area (Å²) in [5.74, 6) is -2.01. The van der Waals surface area contributed by atoms with Gasteiger partial charge < -0.3 is 9.52 Å². The number of carbonyl (C=O) groups is 1. The Morgan fingerprint density at radius 1 is 1.15 bits per heavy atom. The SMILES string of the molecule is O=C(O)c1cc(N/N=C\c2ccc(-c3ccc(F)cc3F)o2)ccc1Cl. The molecule has 2 aromatic carbocycles. The van der Waals surface area contributed by atoms with Gasteiger partial charge in [0.2, 0.25) is 0 Å². The third-order valence-corrected chi connectivity index (χ3v) is 3.74. The van der Waals surface area contributed by atoms with E-state index in [0.717, 1.165) is 12.1 Å². The number of aromatic carboxylic acids is 1. The number of hydrogen-bond donors (Lipinski definition) is 2. The normalized spacial score (nSPS) is 11.0. The molecule has 0 unspecified atom stereocenters. The van der Waals surface area contributed by atoms with Gasteiger partial charge in [-0.15, -0.1) is 0 Å². The van der Waals surface area contributed by atoms with Gasteiger partial charge in [0.25, 0.3) is 0 Å². The highest BCUT2D eigenvalue weighted by atomic mass is 35.5. The van der Waals surface area contributed by atoms with Crippen LogP contribution in [0.15, 0.2) is 58.0 Å². The molecule has 0 bridgehead atoms. The number of hydrogen-bond acceptors (Lipinski definition) is 4. The highest BCUT2D eigenvalue weighted by Gasteiger charge is 2.11. The number of nitrogens with one attached hydrogen (secondary N) is 1. The first-order valence-electron chi connectivity index (χ1n) is 7.31. The van der Waals surface area contributed by atoms with Gasteiger partial charge in [-0.2, -0.15) is 5.10 Å². The van der Waals surface area contributed by atoms with Crippen LogP contribution in [-0.2, 0) is 0 Å². The maximum Gasteiger partial charge on any atom is 0.337 e. The summed E-state index contributed by atoms with van der Waals surface area (Å²) in [6, 6.07) is 10.6. The Bertz CT molecular complexity index is 1000. The fourth-order valence-corrected chi connectivity index (χ4v) is 2.38. The van der Waals surface area contributed by atoms with Crippen LogP contribution in [0.1, 0.15) is 16.1 Å². The highest BCUT2D eigenvalue weighted by Crippen LogP contribution is 2.25. The molecule has 0 saturated heterocycles. The number of rotatable bonds is 5. The van der Waals surface area contributed by atoms with Crippen molar-refractivity contribution >= 4 is 29.5 Å². The lowest BCUT2D eigenvalue weighted by molar-refractivity contribution is 0.0697. The predicted octanol–water partition coefficient (Wildman–Crippen LogP) is 5.02. The molecule has 1 aromatic heterocycles. The molecule has 0 amide bonds. The third-order valence-electron chi connectivity index (χ3n) is 3.41. The summed E-state index contributed by atoms with van der Waals surface area (Å²) >= 11 is 5.79. The fourth-order valence-electron chi connectivity index (χ4n) is 2.19. The molecule has 0 saturated carbocycles. The number of furan rings is 1. The van der Waals surface area contributed by atoms with Crippen LogP contribution in [-0.4, -0.2) is 17.3 Å². The van der Waals surface area contributed by atoms with Crippen LogP contribution in [0.25, 0.3) is 11.3 Å². The zero-order valence-corrected chi connectivity index (χ0v) is 13.8. The second-order valence-electron chi connectivity index (χ2n) is 5.20. The van der Waals surface area contributed by atoms with Crippen molar-refractivity contribution in [3.8, 4) is 11.3 Å². The van der Waals surface area contributed by atoms with Crippen molar-refractivity contribution in [3.63, 3.8) is 0 Å². The molecule has 0 aliphatic rings. The van der Waals surface area contributed by atoms with Crippen LogP contribution >= 0.6 is 11.6 Å². The topological polar surface area (TPSA) is 74.8 Å². The lowest BCUT2D eigenvalue weighted by atomic mass is 10.1. The highest BCUT2D eigenvalue weighted by molar-refractivity contribution is 6.33. The second kappa shape index (κ2) is 7.37. The Morgan fingerprint density at radius 3 is 2.69 bits per heavy atom. The van der Waals surface area contributed by atoms with E-state index >= 15 is 0 Å². The summed E-state index contributed by atoms with van der Waals surface area (Å²) < 4.78 is 32.1. The molecule has 3 rings (SSSR count). The first-order chi connectivity index (χ1) is 12.4. The van der Waals surface area contributed by atoms with Crippen LogP contribution in [0, 0.1) is 11.6 Å². The van der Waals surface area contributed by atoms with E-state index in [4.69, 9.17) is 21.1 Å². The molecule has 3 aromatic rings. The Labute approximate surface area is 151 Å². The van der Waals surface area contributed by atoms with Gasteiger partial charge in [0.1, 0.15) is 23.2 Å². The summed E-state index contributed by atoms with van der Waals surface area (Å²) in [5, 5.41) is 13.1. The van der Waals surface area contributed by atoms with Gasteiger partial charge in [0.05, 0.1) is 28.1 Å². The molecule has 0 spiro atoms. The average molecular weight is 377 g/mol. The van der Waals surface area contributed by atoms with E-state index in [9.17, 15) is 13.6 Å². The fraction of sp³-hybridized carbons (Fsp3) is 0. The van der Waals surface area contributed by atoms with Gasteiger partial charge in [-0.25, -0.2) is 13.6 Å². The van der Waals surface area contributed by atoms with Crippen molar-refractivity contribution < 1.29 is 23.1 Å². The molecule has 0 atom stereocenters. The predicted molar refractivity (Wildman–Crippen MR) is 93.7 cm³/mol. The zero-order chi connectivity index (χ0) is 18.7. The van der Waals surface area contributed by atoms with Gasteiger partial charge in [0, 0.05) is 6.07 Å². The Balaban J connectivity index is 1.73. The minimum absolute atomic E-state index is 0.0565. The molecule has 0 radical (unpaired) electrons. The molecule has 8 heteroatoms. The lowest BCUT2D eigenvalue weighted by Gasteiger charge is -2.03. The summed E-state index contributed by atoms with van der Waals surface area (Å²) in [6.45, 7) is 0. The number of carboxylic acid groups (broad SMARTS) is 1. The van der Waals surface area contributed by atoms with E-state index in [1.165, 1.54) is 30.5 Å². The molecule has 1 heterocycles. The number of nitrogens with zero attached hydrogens (tertiary/aromatic N) is 1. The van der Waals surface area contributed by atoms with Gasteiger partial charge >= 0.3 is 5.97 Å². The molecule has 0 aliphatic heterocycles. The van der Waals surface area contributed by atoms with Crippen molar-refractivity contribution in [2.75, 3.05) is 5.43 Å². The second-order valence-corrected chi connectivity index (χ2v) is 5.60. The lowest BCUT2D eigenvalue weighted by Crippen LogP contribution is -1.99. The number of halogens is 3. The van der Waals surface area contributed by atoms with E-state index in [1.54, 1.807) is 12.1 Å². The van der Waals surface area contributed by atoms with Crippen molar-refractivity contribution in [3.05, 3.63) is 76.5 Å². The molecule has 26 heavy (non-hydrogen) atoms. The molecule has 2 N–H and O–H groups in total. The standard InChI is InChI=1S/C18H11ClF2N2O3/c19-15-5-2-11(8-14(15)18(24)25)23-22-9-12-3-6-17(26-12)13-4-1-10(20)7-16(13)21/h1-9,23H,(H,24,25)/b22-9-.